The normalized spacial score (nSPS) is 12.5. The number of anilines is 2. The number of nitrogens with zero attached hydrogens (tertiary/aromatic N) is 3. The molecule has 0 radical (unpaired) electrons. The van der Waals surface area contributed by atoms with E-state index >= 15 is 0 Å². The van der Waals surface area contributed by atoms with E-state index in [-0.39, 0.29) is 5.91 Å². The van der Waals surface area contributed by atoms with Crippen molar-refractivity contribution in [2.75, 3.05) is 16.9 Å². The van der Waals surface area contributed by atoms with E-state index in [9.17, 15) is 4.79 Å². The van der Waals surface area contributed by atoms with Gasteiger partial charge >= 0.3 is 0 Å². The number of aromatic nitrogens is 2. The van der Waals surface area contributed by atoms with Gasteiger partial charge in [-0.2, -0.15) is 0 Å². The van der Waals surface area contributed by atoms with E-state index in [2.05, 4.69) is 51.7 Å². The Kier molecular flexibility index (Phi) is 4.25. The van der Waals surface area contributed by atoms with E-state index in [1.165, 1.54) is 9.79 Å². The highest BCUT2D eigenvalue weighted by Gasteiger charge is 2.23. The molecule has 1 N–H and O–H groups in total. The van der Waals surface area contributed by atoms with Crippen molar-refractivity contribution in [1.29, 1.82) is 0 Å². The number of nitrogens with one attached hydrogen (secondary N) is 1. The Hall–Kier alpha value is -3.25. The van der Waals surface area contributed by atoms with Crippen LogP contribution in [0.15, 0.2) is 88.9 Å². The number of amides is 1. The zero-order valence-electron chi connectivity index (χ0n) is 15.1. The van der Waals surface area contributed by atoms with Crippen LogP contribution in [0.25, 0.3) is 11.0 Å². The number of hydrogen-bond donors (Lipinski definition) is 1. The van der Waals surface area contributed by atoms with Crippen molar-refractivity contribution in [3.05, 3.63) is 79.1 Å². The third-order valence-electron chi connectivity index (χ3n) is 4.79. The van der Waals surface area contributed by atoms with Crippen molar-refractivity contribution < 1.29 is 4.79 Å². The number of fused-ring (bicyclic) bond motifs is 3. The zero-order valence-corrected chi connectivity index (χ0v) is 15.9. The molecule has 1 aliphatic rings. The molecular formula is C22H18N4OS. The number of benzene rings is 3. The predicted octanol–water partition coefficient (Wildman–Crippen LogP) is 4.80. The second-order valence-electron chi connectivity index (χ2n) is 6.58. The molecule has 0 atom stereocenters. The summed E-state index contributed by atoms with van der Waals surface area (Å²) in [4.78, 5) is 21.6. The molecular weight excluding hydrogens is 368 g/mol. The van der Waals surface area contributed by atoms with Crippen LogP contribution in [0.2, 0.25) is 0 Å². The smallest absolute Gasteiger partial charge is 0.240 e. The highest BCUT2D eigenvalue weighted by Crippen LogP contribution is 2.47. The summed E-state index contributed by atoms with van der Waals surface area (Å²) in [6.07, 6.45) is 2.02. The van der Waals surface area contributed by atoms with Gasteiger partial charge in [0.25, 0.3) is 0 Å². The van der Waals surface area contributed by atoms with Gasteiger partial charge in [0, 0.05) is 22.8 Å². The Labute approximate surface area is 167 Å². The van der Waals surface area contributed by atoms with Gasteiger partial charge in [0.05, 0.1) is 22.4 Å². The first-order valence-electron chi connectivity index (χ1n) is 9.15. The lowest BCUT2D eigenvalue weighted by Crippen LogP contribution is -2.28. The molecule has 0 bridgehead atoms. The maximum atomic E-state index is 12.6. The van der Waals surface area contributed by atoms with Crippen LogP contribution in [0.5, 0.6) is 0 Å². The Bertz CT molecular complexity index is 1120. The van der Waals surface area contributed by atoms with Crippen LogP contribution >= 0.6 is 11.8 Å². The summed E-state index contributed by atoms with van der Waals surface area (Å²) in [6, 6.07) is 24.4. The standard InChI is InChI=1S/C22H18N4OS/c27-22(24-26-15-23-16-7-1-2-8-17(16)26)13-14-25-18-9-3-5-11-20(18)28-21-12-6-4-10-19(21)25/h1-12,15H,13-14H2,(H,24,27). The number of hydrogen-bond acceptors (Lipinski definition) is 4. The van der Waals surface area contributed by atoms with Gasteiger partial charge in [0.15, 0.2) is 0 Å². The van der Waals surface area contributed by atoms with Crippen molar-refractivity contribution in [2.45, 2.75) is 16.2 Å². The Morgan fingerprint density at radius 2 is 1.54 bits per heavy atom. The molecule has 28 heavy (non-hydrogen) atoms. The Morgan fingerprint density at radius 3 is 2.29 bits per heavy atom. The third kappa shape index (κ3) is 3.01. The lowest BCUT2D eigenvalue weighted by atomic mass is 10.2. The largest absolute Gasteiger partial charge is 0.339 e. The van der Waals surface area contributed by atoms with Crippen LogP contribution in [0.1, 0.15) is 6.42 Å². The van der Waals surface area contributed by atoms with Crippen molar-refractivity contribution in [3.8, 4) is 0 Å². The minimum atomic E-state index is -0.0451. The highest BCUT2D eigenvalue weighted by molar-refractivity contribution is 7.99. The molecule has 5 rings (SSSR count). The molecule has 1 aliphatic heterocycles. The van der Waals surface area contributed by atoms with Crippen LogP contribution < -0.4 is 10.3 Å². The summed E-state index contributed by atoms with van der Waals surface area (Å²) in [5.41, 5.74) is 6.98. The minimum Gasteiger partial charge on any atom is -0.339 e. The van der Waals surface area contributed by atoms with E-state index in [1.54, 1.807) is 22.8 Å². The van der Waals surface area contributed by atoms with Gasteiger partial charge in [0.2, 0.25) is 5.91 Å². The molecule has 0 aliphatic carbocycles. The molecule has 0 saturated carbocycles. The molecule has 0 unspecified atom stereocenters. The molecule has 6 heteroatoms. The fraction of sp³-hybridized carbons (Fsp3) is 0.0909. The van der Waals surface area contributed by atoms with Gasteiger partial charge in [-0.25, -0.2) is 9.66 Å². The summed E-state index contributed by atoms with van der Waals surface area (Å²) in [5, 5.41) is 0. The van der Waals surface area contributed by atoms with E-state index in [0.29, 0.717) is 13.0 Å². The van der Waals surface area contributed by atoms with Crippen LogP contribution in [-0.4, -0.2) is 22.1 Å². The molecule has 4 aromatic rings. The number of carbonyl (C=O) groups excluding carboxylic acids is 1. The SMILES string of the molecule is O=C(CCN1c2ccccc2Sc2ccccc21)Nn1cnc2ccccc21. The first-order valence-corrected chi connectivity index (χ1v) is 9.97. The van der Waals surface area contributed by atoms with Gasteiger partial charge in [-0.3, -0.25) is 10.2 Å². The van der Waals surface area contributed by atoms with Crippen LogP contribution in [0, 0.1) is 0 Å². The predicted molar refractivity (Wildman–Crippen MR) is 113 cm³/mol. The number of rotatable bonds is 4. The van der Waals surface area contributed by atoms with Crippen molar-refractivity contribution in [1.82, 2.24) is 9.66 Å². The first-order chi connectivity index (χ1) is 13.8. The fourth-order valence-electron chi connectivity index (χ4n) is 3.47. The van der Waals surface area contributed by atoms with Gasteiger partial charge in [-0.1, -0.05) is 48.2 Å². The summed E-state index contributed by atoms with van der Waals surface area (Å²) in [5.74, 6) is -0.0451. The number of carbonyl (C=O) groups is 1. The second kappa shape index (κ2) is 7.05. The first kappa shape index (κ1) is 16.9. The van der Waals surface area contributed by atoms with E-state index in [0.717, 1.165) is 22.4 Å². The van der Waals surface area contributed by atoms with E-state index in [1.807, 2.05) is 36.4 Å². The summed E-state index contributed by atoms with van der Waals surface area (Å²) in [7, 11) is 0. The second-order valence-corrected chi connectivity index (χ2v) is 7.66. The number of para-hydroxylation sites is 4. The molecule has 138 valence electrons. The lowest BCUT2D eigenvalue weighted by Gasteiger charge is -2.32. The van der Waals surface area contributed by atoms with Gasteiger partial charge < -0.3 is 4.90 Å². The van der Waals surface area contributed by atoms with Gasteiger partial charge in [-0.05, 0) is 36.4 Å². The van der Waals surface area contributed by atoms with Crippen LogP contribution in [-0.2, 0) is 4.79 Å². The molecule has 1 aromatic heterocycles. The molecule has 0 saturated heterocycles. The van der Waals surface area contributed by atoms with Crippen LogP contribution in [0.3, 0.4) is 0 Å². The Morgan fingerprint density at radius 1 is 0.893 bits per heavy atom. The monoisotopic (exact) mass is 386 g/mol. The lowest BCUT2D eigenvalue weighted by molar-refractivity contribution is -0.116. The Balaban J connectivity index is 1.36. The molecule has 3 aromatic carbocycles. The fourth-order valence-corrected chi connectivity index (χ4v) is 4.57. The van der Waals surface area contributed by atoms with E-state index in [4.69, 9.17) is 0 Å². The average molecular weight is 386 g/mol. The number of imidazole rings is 1. The maximum absolute atomic E-state index is 12.6. The summed E-state index contributed by atoms with van der Waals surface area (Å²) < 4.78 is 1.69. The summed E-state index contributed by atoms with van der Waals surface area (Å²) >= 11 is 1.77. The van der Waals surface area contributed by atoms with Crippen LogP contribution in [0.4, 0.5) is 11.4 Å². The van der Waals surface area contributed by atoms with E-state index < -0.39 is 0 Å². The summed E-state index contributed by atoms with van der Waals surface area (Å²) in [6.45, 7) is 0.604. The molecule has 2 heterocycles. The zero-order chi connectivity index (χ0) is 18.9. The van der Waals surface area contributed by atoms with Crippen molar-refractivity contribution >= 4 is 40.1 Å². The van der Waals surface area contributed by atoms with Crippen molar-refractivity contribution in [3.63, 3.8) is 0 Å². The molecule has 0 fully saturated rings. The maximum Gasteiger partial charge on any atom is 0.240 e. The molecule has 0 spiro atoms. The van der Waals surface area contributed by atoms with Crippen molar-refractivity contribution in [2.24, 2.45) is 0 Å². The molecule has 5 nitrogen and oxygen atoms in total. The average Bonchev–Trinajstić information content (AvgIpc) is 3.14. The minimum absolute atomic E-state index is 0.0451. The molecule has 1 amide bonds. The quantitative estimate of drug-likeness (QED) is 0.547. The van der Waals surface area contributed by atoms with Gasteiger partial charge in [0.1, 0.15) is 6.33 Å². The highest BCUT2D eigenvalue weighted by atomic mass is 32.2. The van der Waals surface area contributed by atoms with Gasteiger partial charge in [-0.15, -0.1) is 0 Å². The topological polar surface area (TPSA) is 50.2 Å². The third-order valence-corrected chi connectivity index (χ3v) is 5.92.